The van der Waals surface area contributed by atoms with Crippen LogP contribution >= 0.6 is 0 Å². The highest BCUT2D eigenvalue weighted by Gasteiger charge is 2.51. The maximum Gasteiger partial charge on any atom is 0.308 e. The molecule has 0 aromatic rings. The van der Waals surface area contributed by atoms with Crippen molar-refractivity contribution < 1.29 is 14.7 Å². The molecule has 5 nitrogen and oxygen atoms in total. The molecule has 18 heavy (non-hydrogen) atoms. The Kier molecular flexibility index (Phi) is 3.71. The average molecular weight is 252 g/mol. The molecular formula is C13H20N2O3. The fourth-order valence-corrected chi connectivity index (χ4v) is 3.36. The first-order valence-corrected chi connectivity index (χ1v) is 6.45. The van der Waals surface area contributed by atoms with Crippen LogP contribution in [0.25, 0.3) is 0 Å². The lowest BCUT2D eigenvalue weighted by Crippen LogP contribution is -2.48. The molecule has 1 amide bonds. The summed E-state index contributed by atoms with van der Waals surface area (Å²) in [5.41, 5.74) is 0. The van der Waals surface area contributed by atoms with Crippen molar-refractivity contribution in [1.29, 1.82) is 0 Å². The average Bonchev–Trinajstić information content (AvgIpc) is 2.92. The molecule has 2 saturated heterocycles. The molecule has 100 valence electrons. The minimum Gasteiger partial charge on any atom is -0.481 e. The van der Waals surface area contributed by atoms with Crippen molar-refractivity contribution in [2.24, 2.45) is 5.92 Å². The fourth-order valence-electron chi connectivity index (χ4n) is 3.36. The quantitative estimate of drug-likeness (QED) is 0.704. The molecular weight excluding hydrogens is 232 g/mol. The van der Waals surface area contributed by atoms with Crippen molar-refractivity contribution in [3.05, 3.63) is 12.7 Å². The van der Waals surface area contributed by atoms with E-state index in [0.29, 0.717) is 13.0 Å². The summed E-state index contributed by atoms with van der Waals surface area (Å²) in [6.45, 7) is 5.87. The smallest absolute Gasteiger partial charge is 0.308 e. The molecule has 2 heterocycles. The van der Waals surface area contributed by atoms with Gasteiger partial charge in [-0.25, -0.2) is 0 Å². The number of carboxylic acid groups (broad SMARTS) is 1. The van der Waals surface area contributed by atoms with Crippen LogP contribution in [0.5, 0.6) is 0 Å². The van der Waals surface area contributed by atoms with Crippen LogP contribution in [0.2, 0.25) is 0 Å². The first-order valence-electron chi connectivity index (χ1n) is 6.45. The standard InChI is InChI=1S/C13H20N2O3/c1-3-6-14-12(16)8(2)15-9-4-5-11(15)10(7-9)13(17)18/h3,8-11H,1,4-7H2,2H3,(H,14,16)(H,17,18). The van der Waals surface area contributed by atoms with Crippen LogP contribution < -0.4 is 5.32 Å². The second kappa shape index (κ2) is 5.10. The van der Waals surface area contributed by atoms with E-state index in [1.54, 1.807) is 6.08 Å². The van der Waals surface area contributed by atoms with Gasteiger partial charge in [-0.15, -0.1) is 6.58 Å². The zero-order chi connectivity index (χ0) is 13.3. The number of hydrogen-bond donors (Lipinski definition) is 2. The predicted octanol–water partition coefficient (Wildman–Crippen LogP) is 0.615. The fraction of sp³-hybridized carbons (Fsp3) is 0.692. The van der Waals surface area contributed by atoms with E-state index in [0.717, 1.165) is 12.8 Å². The number of carbonyl (C=O) groups is 2. The summed E-state index contributed by atoms with van der Waals surface area (Å²) in [4.78, 5) is 25.2. The van der Waals surface area contributed by atoms with Crippen LogP contribution in [0, 0.1) is 5.92 Å². The number of rotatable bonds is 5. The van der Waals surface area contributed by atoms with E-state index in [-0.39, 0.29) is 30.0 Å². The first kappa shape index (κ1) is 13.1. The zero-order valence-corrected chi connectivity index (χ0v) is 10.6. The van der Waals surface area contributed by atoms with Crippen molar-refractivity contribution in [2.45, 2.75) is 44.3 Å². The van der Waals surface area contributed by atoms with Gasteiger partial charge in [0.1, 0.15) is 0 Å². The minimum absolute atomic E-state index is 0.0250. The molecule has 0 aromatic carbocycles. The van der Waals surface area contributed by atoms with Gasteiger partial charge < -0.3 is 10.4 Å². The Balaban J connectivity index is 2.03. The first-order chi connectivity index (χ1) is 8.56. The molecule has 2 aliphatic rings. The molecule has 0 spiro atoms. The molecule has 2 bridgehead atoms. The van der Waals surface area contributed by atoms with Crippen LogP contribution in [-0.4, -0.2) is 46.6 Å². The van der Waals surface area contributed by atoms with Crippen LogP contribution in [0.15, 0.2) is 12.7 Å². The SMILES string of the molecule is C=CCNC(=O)C(C)N1C2CCC1C(C(=O)O)C2. The van der Waals surface area contributed by atoms with E-state index in [4.69, 9.17) is 0 Å². The van der Waals surface area contributed by atoms with Crippen molar-refractivity contribution in [1.82, 2.24) is 10.2 Å². The number of carbonyl (C=O) groups excluding carboxylic acids is 1. The lowest BCUT2D eigenvalue weighted by atomic mass is 9.89. The zero-order valence-electron chi connectivity index (χ0n) is 10.6. The third-order valence-electron chi connectivity index (χ3n) is 4.16. The number of hydrogen-bond acceptors (Lipinski definition) is 3. The van der Waals surface area contributed by atoms with Crippen molar-refractivity contribution >= 4 is 11.9 Å². The van der Waals surface area contributed by atoms with Gasteiger partial charge in [-0.1, -0.05) is 6.08 Å². The number of nitrogens with zero attached hydrogens (tertiary/aromatic N) is 1. The second-order valence-electron chi connectivity index (χ2n) is 5.14. The maximum atomic E-state index is 11.9. The van der Waals surface area contributed by atoms with Gasteiger partial charge in [0.25, 0.3) is 0 Å². The predicted molar refractivity (Wildman–Crippen MR) is 67.1 cm³/mol. The lowest BCUT2D eigenvalue weighted by Gasteiger charge is -2.28. The van der Waals surface area contributed by atoms with Crippen LogP contribution in [0.4, 0.5) is 0 Å². The highest BCUT2D eigenvalue weighted by molar-refractivity contribution is 5.82. The van der Waals surface area contributed by atoms with Gasteiger partial charge in [0.2, 0.25) is 5.91 Å². The Labute approximate surface area is 107 Å². The van der Waals surface area contributed by atoms with Gasteiger partial charge in [-0.3, -0.25) is 14.5 Å². The highest BCUT2D eigenvalue weighted by Crippen LogP contribution is 2.42. The summed E-state index contributed by atoms with van der Waals surface area (Å²) in [6, 6.07) is 0.0179. The Morgan fingerprint density at radius 2 is 2.28 bits per heavy atom. The molecule has 2 aliphatic heterocycles. The Morgan fingerprint density at radius 3 is 2.83 bits per heavy atom. The third kappa shape index (κ3) is 2.14. The summed E-state index contributed by atoms with van der Waals surface area (Å²) in [5.74, 6) is -1.08. The number of fused-ring (bicyclic) bond motifs is 2. The summed E-state index contributed by atoms with van der Waals surface area (Å²) >= 11 is 0. The van der Waals surface area contributed by atoms with Gasteiger partial charge in [0.15, 0.2) is 0 Å². The second-order valence-corrected chi connectivity index (χ2v) is 5.14. The molecule has 0 saturated carbocycles. The Bertz CT molecular complexity index is 369. The van der Waals surface area contributed by atoms with Gasteiger partial charge in [-0.2, -0.15) is 0 Å². The largest absolute Gasteiger partial charge is 0.481 e. The number of amides is 1. The van der Waals surface area contributed by atoms with E-state index in [1.165, 1.54) is 0 Å². The van der Waals surface area contributed by atoms with E-state index in [9.17, 15) is 14.7 Å². The van der Waals surface area contributed by atoms with E-state index >= 15 is 0 Å². The molecule has 0 aromatic heterocycles. The molecule has 2 fully saturated rings. The number of nitrogens with one attached hydrogen (secondary N) is 1. The highest BCUT2D eigenvalue weighted by atomic mass is 16.4. The molecule has 4 atom stereocenters. The van der Waals surface area contributed by atoms with Crippen molar-refractivity contribution in [2.75, 3.05) is 6.54 Å². The summed E-state index contributed by atoms with van der Waals surface area (Å²) in [5, 5.41) is 12.0. The van der Waals surface area contributed by atoms with Crippen LogP contribution in [0.3, 0.4) is 0 Å². The number of aliphatic carboxylic acids is 1. The molecule has 5 heteroatoms. The Morgan fingerprint density at radius 1 is 1.56 bits per heavy atom. The van der Waals surface area contributed by atoms with Crippen molar-refractivity contribution in [3.63, 3.8) is 0 Å². The normalized spacial score (nSPS) is 32.2. The minimum atomic E-state index is -0.731. The summed E-state index contributed by atoms with van der Waals surface area (Å²) in [6.07, 6.45) is 4.22. The van der Waals surface area contributed by atoms with Gasteiger partial charge in [0, 0.05) is 18.6 Å². The molecule has 2 rings (SSSR count). The summed E-state index contributed by atoms with van der Waals surface area (Å²) < 4.78 is 0. The van der Waals surface area contributed by atoms with E-state index < -0.39 is 5.97 Å². The lowest BCUT2D eigenvalue weighted by molar-refractivity contribution is -0.143. The van der Waals surface area contributed by atoms with Crippen LogP contribution in [-0.2, 0) is 9.59 Å². The van der Waals surface area contributed by atoms with Crippen LogP contribution in [0.1, 0.15) is 26.2 Å². The summed E-state index contributed by atoms with van der Waals surface area (Å²) in [7, 11) is 0. The molecule has 4 unspecified atom stereocenters. The molecule has 0 radical (unpaired) electrons. The Hall–Kier alpha value is -1.36. The topological polar surface area (TPSA) is 69.6 Å². The van der Waals surface area contributed by atoms with E-state index in [1.807, 2.05) is 6.92 Å². The van der Waals surface area contributed by atoms with Crippen molar-refractivity contribution in [3.8, 4) is 0 Å². The molecule has 0 aliphatic carbocycles. The van der Waals surface area contributed by atoms with Gasteiger partial charge in [0.05, 0.1) is 12.0 Å². The molecule has 2 N–H and O–H groups in total. The van der Waals surface area contributed by atoms with Gasteiger partial charge in [-0.05, 0) is 26.2 Å². The van der Waals surface area contributed by atoms with E-state index in [2.05, 4.69) is 16.8 Å². The number of carboxylic acids is 1. The van der Waals surface area contributed by atoms with Gasteiger partial charge >= 0.3 is 5.97 Å². The maximum absolute atomic E-state index is 11.9. The monoisotopic (exact) mass is 252 g/mol. The third-order valence-corrected chi connectivity index (χ3v) is 4.16.